The molecule has 5 rings (SSSR count). The number of carbonyl (C=O) groups excluding carboxylic acids is 1. The van der Waals surface area contributed by atoms with Crippen molar-refractivity contribution in [1.82, 2.24) is 24.1 Å². The molecule has 0 unspecified atom stereocenters. The van der Waals surface area contributed by atoms with E-state index in [9.17, 15) is 14.4 Å². The summed E-state index contributed by atoms with van der Waals surface area (Å²) in [6.45, 7) is 8.49. The Morgan fingerprint density at radius 2 is 1.86 bits per heavy atom. The second kappa shape index (κ2) is 9.60. The average Bonchev–Trinajstić information content (AvgIpc) is 3.49. The van der Waals surface area contributed by atoms with Crippen molar-refractivity contribution in [2.24, 2.45) is 5.92 Å². The molecule has 0 spiro atoms. The predicted molar refractivity (Wildman–Crippen MR) is 141 cm³/mol. The number of fused-ring (bicyclic) bond motifs is 3. The molecule has 1 N–H and O–H groups in total. The zero-order valence-corrected chi connectivity index (χ0v) is 20.7. The van der Waals surface area contributed by atoms with Crippen molar-refractivity contribution in [3.63, 3.8) is 0 Å². The molecule has 0 radical (unpaired) electrons. The molecular weight excluding hydrogens is 454 g/mol. The van der Waals surface area contributed by atoms with Gasteiger partial charge in [-0.25, -0.2) is 13.9 Å². The van der Waals surface area contributed by atoms with Gasteiger partial charge in [0.05, 0.1) is 17.4 Å². The summed E-state index contributed by atoms with van der Waals surface area (Å²) in [7, 11) is 0. The average molecular weight is 486 g/mol. The van der Waals surface area contributed by atoms with Crippen molar-refractivity contribution in [2.45, 2.75) is 58.7 Å². The number of hydrogen-bond acceptors (Lipinski definition) is 4. The highest BCUT2D eigenvalue weighted by molar-refractivity contribution is 5.98. The summed E-state index contributed by atoms with van der Waals surface area (Å²) in [6, 6.07) is 12.8. The first-order chi connectivity index (χ1) is 17.4. The van der Waals surface area contributed by atoms with Crippen LogP contribution in [0, 0.1) is 5.92 Å². The van der Waals surface area contributed by atoms with Crippen LogP contribution in [0.3, 0.4) is 0 Å². The van der Waals surface area contributed by atoms with Crippen LogP contribution in [0.2, 0.25) is 0 Å². The molecule has 4 aromatic rings. The van der Waals surface area contributed by atoms with Gasteiger partial charge in [-0.1, -0.05) is 63.6 Å². The zero-order chi connectivity index (χ0) is 25.4. The summed E-state index contributed by atoms with van der Waals surface area (Å²) in [5.41, 5.74) is 2.14. The lowest BCUT2D eigenvalue weighted by molar-refractivity contribution is 0.0938. The molecule has 186 valence electrons. The number of aromatic nitrogens is 4. The number of nitrogens with zero attached hydrogens (tertiary/aromatic N) is 4. The van der Waals surface area contributed by atoms with Crippen LogP contribution in [0.5, 0.6) is 0 Å². The van der Waals surface area contributed by atoms with Gasteiger partial charge in [0.15, 0.2) is 0 Å². The van der Waals surface area contributed by atoms with Gasteiger partial charge in [0.25, 0.3) is 11.5 Å². The molecule has 1 fully saturated rings. The summed E-state index contributed by atoms with van der Waals surface area (Å²) >= 11 is 0. The Morgan fingerprint density at radius 1 is 1.14 bits per heavy atom. The van der Waals surface area contributed by atoms with Crippen LogP contribution in [-0.2, 0) is 13.1 Å². The van der Waals surface area contributed by atoms with Crippen molar-refractivity contribution < 1.29 is 4.79 Å². The first-order valence-corrected chi connectivity index (χ1v) is 12.5. The first-order valence-electron chi connectivity index (χ1n) is 12.5. The normalized spacial score (nSPS) is 14.2. The van der Waals surface area contributed by atoms with E-state index in [1.807, 2.05) is 38.1 Å². The molecule has 36 heavy (non-hydrogen) atoms. The van der Waals surface area contributed by atoms with Crippen LogP contribution in [-0.4, -0.2) is 30.7 Å². The molecule has 2 aromatic carbocycles. The molecule has 0 aliphatic heterocycles. The van der Waals surface area contributed by atoms with Crippen molar-refractivity contribution in [3.05, 3.63) is 86.6 Å². The number of carbonyl (C=O) groups is 1. The third-order valence-electron chi connectivity index (χ3n) is 6.83. The summed E-state index contributed by atoms with van der Waals surface area (Å²) in [4.78, 5) is 40.0. The Balaban J connectivity index is 1.66. The second-order valence-electron chi connectivity index (χ2n) is 10.0. The van der Waals surface area contributed by atoms with Crippen molar-refractivity contribution in [1.29, 1.82) is 0 Å². The fourth-order valence-corrected chi connectivity index (χ4v) is 4.96. The van der Waals surface area contributed by atoms with Crippen molar-refractivity contribution in [3.8, 4) is 0 Å². The minimum Gasteiger partial charge on any atom is -0.349 e. The molecule has 8 heteroatoms. The van der Waals surface area contributed by atoms with E-state index in [1.165, 1.54) is 9.08 Å². The molecule has 1 saturated carbocycles. The summed E-state index contributed by atoms with van der Waals surface area (Å²) in [5.74, 6) is 0.264. The lowest BCUT2D eigenvalue weighted by Gasteiger charge is -2.14. The lowest BCUT2D eigenvalue weighted by Crippen LogP contribution is -2.33. The molecule has 0 bridgehead atoms. The SMILES string of the molecule is C=Cc1ccc(Cn2nc3n(CC(C)C)c(=O)c4ccc(C(=O)NC5CCCC5)cc4n3c2=O)cc1. The van der Waals surface area contributed by atoms with Crippen LogP contribution < -0.4 is 16.6 Å². The van der Waals surface area contributed by atoms with Gasteiger partial charge in [0.2, 0.25) is 5.78 Å². The summed E-state index contributed by atoms with van der Waals surface area (Å²) < 4.78 is 4.40. The molecule has 2 heterocycles. The summed E-state index contributed by atoms with van der Waals surface area (Å²) in [6.07, 6.45) is 5.94. The molecule has 8 nitrogen and oxygen atoms in total. The number of nitrogens with one attached hydrogen (secondary N) is 1. The maximum Gasteiger partial charge on any atom is 0.352 e. The molecule has 2 aromatic heterocycles. The van der Waals surface area contributed by atoms with E-state index in [4.69, 9.17) is 0 Å². The third kappa shape index (κ3) is 4.39. The van der Waals surface area contributed by atoms with Gasteiger partial charge in [0, 0.05) is 18.2 Å². The monoisotopic (exact) mass is 485 g/mol. The van der Waals surface area contributed by atoms with E-state index in [0.29, 0.717) is 23.0 Å². The highest BCUT2D eigenvalue weighted by Crippen LogP contribution is 2.20. The second-order valence-corrected chi connectivity index (χ2v) is 10.0. The van der Waals surface area contributed by atoms with Gasteiger partial charge in [-0.15, -0.1) is 5.10 Å². The minimum atomic E-state index is -0.353. The Hall–Kier alpha value is -3.94. The van der Waals surface area contributed by atoms with E-state index in [2.05, 4.69) is 17.0 Å². The van der Waals surface area contributed by atoms with Crippen LogP contribution in [0.25, 0.3) is 22.8 Å². The number of amides is 1. The van der Waals surface area contributed by atoms with Crippen LogP contribution in [0.1, 0.15) is 61.0 Å². The van der Waals surface area contributed by atoms with E-state index in [1.54, 1.807) is 28.8 Å². The van der Waals surface area contributed by atoms with E-state index in [0.717, 1.165) is 36.8 Å². The fourth-order valence-electron chi connectivity index (χ4n) is 4.96. The van der Waals surface area contributed by atoms with Gasteiger partial charge in [-0.05, 0) is 48.1 Å². The topological polar surface area (TPSA) is 90.4 Å². The Bertz CT molecular complexity index is 1570. The van der Waals surface area contributed by atoms with Crippen LogP contribution in [0.4, 0.5) is 0 Å². The highest BCUT2D eigenvalue weighted by Gasteiger charge is 2.21. The molecule has 1 aliphatic rings. The van der Waals surface area contributed by atoms with Gasteiger partial charge in [-0.2, -0.15) is 0 Å². The number of rotatable bonds is 7. The van der Waals surface area contributed by atoms with Gasteiger partial charge < -0.3 is 5.32 Å². The lowest BCUT2D eigenvalue weighted by atomic mass is 10.1. The first kappa shape index (κ1) is 23.8. The van der Waals surface area contributed by atoms with Gasteiger partial charge in [0.1, 0.15) is 0 Å². The van der Waals surface area contributed by atoms with E-state index in [-0.39, 0.29) is 41.4 Å². The predicted octanol–water partition coefficient (Wildman–Crippen LogP) is 3.83. The Kier molecular flexibility index (Phi) is 6.35. The van der Waals surface area contributed by atoms with Crippen molar-refractivity contribution in [2.75, 3.05) is 0 Å². The smallest absolute Gasteiger partial charge is 0.349 e. The maximum absolute atomic E-state index is 13.6. The van der Waals surface area contributed by atoms with E-state index >= 15 is 0 Å². The highest BCUT2D eigenvalue weighted by atomic mass is 16.2. The minimum absolute atomic E-state index is 0.171. The maximum atomic E-state index is 13.6. The molecule has 0 atom stereocenters. The fraction of sp³-hybridized carbons (Fsp3) is 0.357. The number of benzene rings is 2. The molecular formula is C28H31N5O3. The quantitative estimate of drug-likeness (QED) is 0.431. The van der Waals surface area contributed by atoms with Crippen LogP contribution >= 0.6 is 0 Å². The zero-order valence-electron chi connectivity index (χ0n) is 20.7. The Labute approximate surface area is 208 Å². The largest absolute Gasteiger partial charge is 0.352 e. The van der Waals surface area contributed by atoms with Crippen LogP contribution in [0.15, 0.2) is 58.6 Å². The third-order valence-corrected chi connectivity index (χ3v) is 6.83. The van der Waals surface area contributed by atoms with E-state index < -0.39 is 0 Å². The Morgan fingerprint density at radius 3 is 2.53 bits per heavy atom. The van der Waals surface area contributed by atoms with Gasteiger partial charge in [-0.3, -0.25) is 14.2 Å². The van der Waals surface area contributed by atoms with Crippen molar-refractivity contribution >= 4 is 28.7 Å². The molecule has 0 saturated heterocycles. The molecule has 1 amide bonds. The standard InChI is InChI=1S/C28H31N5O3/c1-4-19-9-11-20(12-10-19)17-32-28(36)33-24-15-21(25(34)29-22-7-5-6-8-22)13-14-23(24)26(35)31(16-18(2)3)27(33)30-32/h4,9-15,18,22H,1,5-8,16-17H2,2-3H3,(H,29,34). The van der Waals surface area contributed by atoms with Gasteiger partial charge >= 0.3 is 5.69 Å². The summed E-state index contributed by atoms with van der Waals surface area (Å²) in [5, 5.41) is 8.05. The molecule has 1 aliphatic carbocycles. The number of hydrogen-bond donors (Lipinski definition) is 1.